The Morgan fingerprint density at radius 3 is 1.44 bits per heavy atom. The lowest BCUT2D eigenvalue weighted by atomic mass is 10.1. The lowest BCUT2D eigenvalue weighted by molar-refractivity contribution is -0.889. The highest BCUT2D eigenvalue weighted by atomic mass is 16.6. The fourth-order valence-corrected chi connectivity index (χ4v) is 6.70. The predicted octanol–water partition coefficient (Wildman–Crippen LogP) is 12.0. The van der Waals surface area contributed by atoms with Gasteiger partial charge in [-0.05, 0) is 77.0 Å². The average molecular weight is 828 g/mol. The van der Waals surface area contributed by atoms with Gasteiger partial charge in [0.25, 0.3) is 0 Å². The summed E-state index contributed by atoms with van der Waals surface area (Å²) in [6.07, 6.45) is 51.0. The third-order valence-electron chi connectivity index (χ3n) is 10.4. The molecule has 0 rings (SSSR count). The van der Waals surface area contributed by atoms with Gasteiger partial charge in [-0.25, -0.2) is 0 Å². The number of hydrogen-bond donors (Lipinski definition) is 0. The van der Waals surface area contributed by atoms with E-state index >= 15 is 0 Å². The molecule has 0 aromatic carbocycles. The minimum Gasteiger partial charge on any atom is -0.544 e. The van der Waals surface area contributed by atoms with Gasteiger partial charge in [-0.2, -0.15) is 0 Å². The fraction of sp³-hybridized carbons (Fsp3) is 0.745. The molecule has 0 saturated carbocycles. The Morgan fingerprint density at radius 2 is 0.949 bits per heavy atom. The van der Waals surface area contributed by atoms with E-state index in [1.54, 1.807) is 21.1 Å². The van der Waals surface area contributed by atoms with E-state index in [9.17, 15) is 19.5 Å². The van der Waals surface area contributed by atoms with Crippen molar-refractivity contribution in [2.75, 3.05) is 41.0 Å². The van der Waals surface area contributed by atoms with Gasteiger partial charge in [0.1, 0.15) is 12.6 Å². The predicted molar refractivity (Wildman–Crippen MR) is 245 cm³/mol. The van der Waals surface area contributed by atoms with Crippen LogP contribution in [0.1, 0.15) is 194 Å². The molecule has 2 atom stereocenters. The van der Waals surface area contributed by atoms with Gasteiger partial charge < -0.3 is 28.6 Å². The molecule has 0 bridgehead atoms. The molecule has 8 nitrogen and oxygen atoms in total. The van der Waals surface area contributed by atoms with Crippen molar-refractivity contribution in [2.24, 2.45) is 0 Å². The number of esters is 2. The maximum Gasteiger partial charge on any atom is 0.306 e. The molecule has 0 aliphatic rings. The average Bonchev–Trinajstić information content (AvgIpc) is 3.19. The van der Waals surface area contributed by atoms with Gasteiger partial charge in [-0.1, -0.05) is 158 Å². The van der Waals surface area contributed by atoms with Crippen LogP contribution in [-0.4, -0.2) is 75.5 Å². The number of quaternary nitrogens is 1. The maximum atomic E-state index is 12.7. The van der Waals surface area contributed by atoms with E-state index in [-0.39, 0.29) is 42.7 Å². The minimum absolute atomic E-state index is 0.0315. The van der Waals surface area contributed by atoms with E-state index in [4.69, 9.17) is 14.2 Å². The third-order valence-corrected chi connectivity index (χ3v) is 10.4. The van der Waals surface area contributed by atoms with Crippen LogP contribution < -0.4 is 5.11 Å². The smallest absolute Gasteiger partial charge is 0.306 e. The number of carbonyl (C=O) groups is 3. The molecule has 0 aromatic rings. The molecule has 0 N–H and O–H groups in total. The zero-order valence-electron chi connectivity index (χ0n) is 38.7. The van der Waals surface area contributed by atoms with E-state index in [1.165, 1.54) is 77.0 Å². The second-order valence-corrected chi connectivity index (χ2v) is 17.0. The molecule has 0 aliphatic carbocycles. The van der Waals surface area contributed by atoms with Crippen LogP contribution in [0.4, 0.5) is 0 Å². The molecule has 8 heteroatoms. The first-order chi connectivity index (χ1) is 28.6. The topological polar surface area (TPSA) is 102 Å². The van der Waals surface area contributed by atoms with Crippen LogP contribution in [0.25, 0.3) is 0 Å². The van der Waals surface area contributed by atoms with Crippen LogP contribution in [0.2, 0.25) is 0 Å². The van der Waals surface area contributed by atoms with Crippen LogP contribution in [0.15, 0.2) is 60.8 Å². The van der Waals surface area contributed by atoms with Crippen LogP contribution in [0.5, 0.6) is 0 Å². The van der Waals surface area contributed by atoms with Crippen molar-refractivity contribution in [1.29, 1.82) is 0 Å². The van der Waals surface area contributed by atoms with E-state index < -0.39 is 18.1 Å². The Hall–Kier alpha value is -2.97. The summed E-state index contributed by atoms with van der Waals surface area (Å²) >= 11 is 0. The number of rotatable bonds is 42. The minimum atomic E-state index is -1.13. The summed E-state index contributed by atoms with van der Waals surface area (Å²) in [4.78, 5) is 36.9. The molecule has 0 aliphatic heterocycles. The SMILES string of the molecule is CC/C=C/C/C=C/C/C=C/C/C=C/CCCCCCCCCCCC(=O)OCC(COCCC(C(=O)[O-])[N+](C)(C)C)OC(=O)CCCCC/C=C/CCCCCCCC. The van der Waals surface area contributed by atoms with Crippen LogP contribution >= 0.6 is 0 Å². The summed E-state index contributed by atoms with van der Waals surface area (Å²) in [5.74, 6) is -1.76. The summed E-state index contributed by atoms with van der Waals surface area (Å²) in [6, 6.07) is -0.730. The van der Waals surface area contributed by atoms with Gasteiger partial charge in [-0.3, -0.25) is 9.59 Å². The first kappa shape index (κ1) is 56.0. The molecule has 2 unspecified atom stereocenters. The number of unbranched alkanes of at least 4 members (excludes halogenated alkanes) is 18. The normalized spacial score (nSPS) is 13.4. The van der Waals surface area contributed by atoms with Crippen LogP contribution in [-0.2, 0) is 28.6 Å². The quantitative estimate of drug-likeness (QED) is 0.0261. The van der Waals surface area contributed by atoms with Gasteiger partial charge in [0, 0.05) is 19.3 Å². The van der Waals surface area contributed by atoms with Gasteiger partial charge in [0.15, 0.2) is 6.10 Å². The zero-order chi connectivity index (χ0) is 43.5. The first-order valence-electron chi connectivity index (χ1n) is 23.8. The van der Waals surface area contributed by atoms with Crippen LogP contribution in [0.3, 0.4) is 0 Å². The van der Waals surface area contributed by atoms with Crippen molar-refractivity contribution in [3.05, 3.63) is 60.8 Å². The standard InChI is InChI=1S/C51H89NO7/c1-6-8-10-12-14-16-18-20-21-22-23-24-25-26-27-28-30-31-33-35-37-39-41-49(53)58-46-47(45-57-44-43-48(51(55)56)52(3,4)5)59-50(54)42-40-38-36-34-32-29-19-17-15-13-11-9-7-2/h8,10,14,16,20-21,23-24,29,32,47-48H,6-7,9,11-13,15,17-19,22,25-28,30-31,33-46H2,1-5H3/b10-8+,16-14+,21-20+,24-23+,32-29+. The second-order valence-electron chi connectivity index (χ2n) is 17.0. The molecular weight excluding hydrogens is 739 g/mol. The number of aliphatic carboxylic acids is 1. The molecular formula is C51H89NO7. The Bertz CT molecular complexity index is 1150. The number of ether oxygens (including phenoxy) is 3. The van der Waals surface area contributed by atoms with E-state index in [1.807, 2.05) is 0 Å². The monoisotopic (exact) mass is 828 g/mol. The molecule has 0 heterocycles. The molecule has 0 radical (unpaired) electrons. The number of carbonyl (C=O) groups excluding carboxylic acids is 3. The molecule has 0 fully saturated rings. The van der Waals surface area contributed by atoms with Gasteiger partial charge in [0.2, 0.25) is 0 Å². The summed E-state index contributed by atoms with van der Waals surface area (Å²) in [6.45, 7) is 4.52. The lowest BCUT2D eigenvalue weighted by Gasteiger charge is -2.34. The summed E-state index contributed by atoms with van der Waals surface area (Å²) in [5, 5.41) is 11.6. The highest BCUT2D eigenvalue weighted by molar-refractivity contribution is 5.70. The lowest BCUT2D eigenvalue weighted by Crippen LogP contribution is -2.55. The molecule has 0 saturated heterocycles. The highest BCUT2D eigenvalue weighted by Crippen LogP contribution is 2.14. The van der Waals surface area contributed by atoms with Crippen molar-refractivity contribution < 1.29 is 38.2 Å². The third kappa shape index (κ3) is 40.2. The van der Waals surface area contributed by atoms with Crippen molar-refractivity contribution in [1.82, 2.24) is 0 Å². The van der Waals surface area contributed by atoms with E-state index in [0.717, 1.165) is 83.5 Å². The molecule has 59 heavy (non-hydrogen) atoms. The highest BCUT2D eigenvalue weighted by Gasteiger charge is 2.25. The Kier molecular flexibility index (Phi) is 39.6. The van der Waals surface area contributed by atoms with E-state index in [2.05, 4.69) is 74.6 Å². The molecule has 0 aromatic heterocycles. The van der Waals surface area contributed by atoms with Crippen molar-refractivity contribution in [3.8, 4) is 0 Å². The number of nitrogens with zero attached hydrogens (tertiary/aromatic N) is 1. The van der Waals surface area contributed by atoms with Gasteiger partial charge >= 0.3 is 11.9 Å². The van der Waals surface area contributed by atoms with Gasteiger partial charge in [0.05, 0.1) is 40.3 Å². The Balaban J connectivity index is 4.27. The zero-order valence-corrected chi connectivity index (χ0v) is 38.7. The summed E-state index contributed by atoms with van der Waals surface area (Å²) in [5.41, 5.74) is 0. The summed E-state index contributed by atoms with van der Waals surface area (Å²) in [7, 11) is 5.40. The van der Waals surface area contributed by atoms with Crippen molar-refractivity contribution in [3.63, 3.8) is 0 Å². The number of carboxylic acid groups (broad SMARTS) is 1. The number of likely N-dealkylation sites (N-methyl/N-ethyl adjacent to an activating group) is 1. The maximum absolute atomic E-state index is 12.7. The van der Waals surface area contributed by atoms with Crippen LogP contribution in [0, 0.1) is 0 Å². The molecule has 340 valence electrons. The Labute approximate surface area is 362 Å². The number of allylic oxidation sites excluding steroid dienone is 10. The number of hydrogen-bond acceptors (Lipinski definition) is 7. The van der Waals surface area contributed by atoms with Crippen molar-refractivity contribution >= 4 is 17.9 Å². The summed E-state index contributed by atoms with van der Waals surface area (Å²) < 4.78 is 17.2. The fourth-order valence-electron chi connectivity index (χ4n) is 6.70. The number of carboxylic acids is 1. The van der Waals surface area contributed by atoms with Gasteiger partial charge in [-0.15, -0.1) is 0 Å². The largest absolute Gasteiger partial charge is 0.544 e. The molecule has 0 spiro atoms. The second kappa shape index (κ2) is 41.8. The van der Waals surface area contributed by atoms with E-state index in [0.29, 0.717) is 12.8 Å². The molecule has 0 amide bonds. The van der Waals surface area contributed by atoms with Crippen molar-refractivity contribution in [2.45, 2.75) is 206 Å². The first-order valence-corrected chi connectivity index (χ1v) is 23.8. The Morgan fingerprint density at radius 1 is 0.525 bits per heavy atom.